The first-order chi connectivity index (χ1) is 23.8. The summed E-state index contributed by atoms with van der Waals surface area (Å²) < 4.78 is 20.5. The average Bonchev–Trinajstić information content (AvgIpc) is 3.06. The van der Waals surface area contributed by atoms with Gasteiger partial charge in [-0.05, 0) is 19.3 Å². The Bertz CT molecular complexity index is 862. The molecule has 0 saturated heterocycles. The van der Waals surface area contributed by atoms with Crippen molar-refractivity contribution in [2.75, 3.05) is 66.1 Å². The summed E-state index contributed by atoms with van der Waals surface area (Å²) in [7, 11) is 0. The summed E-state index contributed by atoms with van der Waals surface area (Å²) >= 11 is 0. The van der Waals surface area contributed by atoms with Gasteiger partial charge in [0.1, 0.15) is 19.4 Å². The SMILES string of the molecule is O=C(O)CCCCCCCCCCCCCCCCC(=O)N[C@@H](CCC(=O)NCCOCCOCC(=O)NCCOCCOCO)C(=O)O. The van der Waals surface area contributed by atoms with E-state index in [0.29, 0.717) is 26.2 Å². The van der Waals surface area contributed by atoms with Crippen molar-refractivity contribution in [3.63, 3.8) is 0 Å². The van der Waals surface area contributed by atoms with Crippen molar-refractivity contribution in [2.45, 2.75) is 122 Å². The van der Waals surface area contributed by atoms with Crippen molar-refractivity contribution in [1.29, 1.82) is 0 Å². The van der Waals surface area contributed by atoms with Crippen LogP contribution in [-0.2, 0) is 42.9 Å². The van der Waals surface area contributed by atoms with Crippen LogP contribution in [0.3, 0.4) is 0 Å². The highest BCUT2D eigenvalue weighted by molar-refractivity contribution is 5.84. The summed E-state index contributed by atoms with van der Waals surface area (Å²) in [5, 5.41) is 34.4. The lowest BCUT2D eigenvalue weighted by molar-refractivity contribution is -0.142. The van der Waals surface area contributed by atoms with Crippen LogP contribution in [0.2, 0.25) is 0 Å². The average molecular weight is 706 g/mol. The quantitative estimate of drug-likeness (QED) is 0.0406. The van der Waals surface area contributed by atoms with E-state index in [1.54, 1.807) is 0 Å². The normalized spacial score (nSPS) is 11.6. The van der Waals surface area contributed by atoms with Crippen LogP contribution in [0.25, 0.3) is 0 Å². The summed E-state index contributed by atoms with van der Waals surface area (Å²) in [5.41, 5.74) is 0. The molecule has 3 amide bonds. The van der Waals surface area contributed by atoms with E-state index in [1.165, 1.54) is 44.9 Å². The molecule has 0 saturated carbocycles. The molecule has 0 aliphatic heterocycles. The molecule has 0 radical (unpaired) electrons. The topological polar surface area (TPSA) is 219 Å². The van der Waals surface area contributed by atoms with Crippen LogP contribution in [0.15, 0.2) is 0 Å². The Labute approximate surface area is 291 Å². The summed E-state index contributed by atoms with van der Waals surface area (Å²) in [6.07, 6.45) is 15.6. The van der Waals surface area contributed by atoms with Gasteiger partial charge in [0.05, 0.1) is 39.6 Å². The highest BCUT2D eigenvalue weighted by Gasteiger charge is 2.20. The van der Waals surface area contributed by atoms with E-state index >= 15 is 0 Å². The van der Waals surface area contributed by atoms with Crippen LogP contribution in [0, 0.1) is 0 Å². The minimum Gasteiger partial charge on any atom is -0.481 e. The Kier molecular flexibility index (Phi) is 33.0. The van der Waals surface area contributed by atoms with E-state index in [4.69, 9.17) is 29.2 Å². The summed E-state index contributed by atoms with van der Waals surface area (Å²) in [4.78, 5) is 58.1. The first-order valence-corrected chi connectivity index (χ1v) is 18.0. The number of hydrogen-bond donors (Lipinski definition) is 6. The van der Waals surface area contributed by atoms with Gasteiger partial charge in [-0.2, -0.15) is 0 Å². The zero-order valence-corrected chi connectivity index (χ0v) is 29.4. The molecule has 286 valence electrons. The Morgan fingerprint density at radius 1 is 0.490 bits per heavy atom. The molecule has 1 atom stereocenters. The Balaban J connectivity index is 3.66. The van der Waals surface area contributed by atoms with Crippen LogP contribution < -0.4 is 16.0 Å². The van der Waals surface area contributed by atoms with Gasteiger partial charge in [-0.25, -0.2) is 4.79 Å². The van der Waals surface area contributed by atoms with Gasteiger partial charge >= 0.3 is 11.9 Å². The summed E-state index contributed by atoms with van der Waals surface area (Å²) in [6.45, 7) is 1.61. The minimum atomic E-state index is -1.17. The molecule has 0 aromatic heterocycles. The van der Waals surface area contributed by atoms with Gasteiger partial charge in [0, 0.05) is 32.4 Å². The first-order valence-electron chi connectivity index (χ1n) is 18.0. The second kappa shape index (κ2) is 35.0. The van der Waals surface area contributed by atoms with Crippen molar-refractivity contribution in [3.8, 4) is 0 Å². The molecule has 6 N–H and O–H groups in total. The lowest BCUT2D eigenvalue weighted by Crippen LogP contribution is -2.41. The third kappa shape index (κ3) is 34.8. The molecule has 49 heavy (non-hydrogen) atoms. The highest BCUT2D eigenvalue weighted by atomic mass is 16.6. The molecule has 0 bridgehead atoms. The third-order valence-corrected chi connectivity index (χ3v) is 7.54. The molecule has 0 heterocycles. The molecule has 0 fully saturated rings. The monoisotopic (exact) mass is 705 g/mol. The maximum Gasteiger partial charge on any atom is 0.326 e. The number of ether oxygens (including phenoxy) is 4. The fraction of sp³-hybridized carbons (Fsp3) is 0.853. The van der Waals surface area contributed by atoms with Crippen molar-refractivity contribution in [2.24, 2.45) is 0 Å². The predicted molar refractivity (Wildman–Crippen MR) is 182 cm³/mol. The molecule has 15 nitrogen and oxygen atoms in total. The van der Waals surface area contributed by atoms with Gasteiger partial charge in [-0.15, -0.1) is 0 Å². The molecule has 0 aliphatic rings. The van der Waals surface area contributed by atoms with Gasteiger partial charge in [-0.3, -0.25) is 19.2 Å². The Hall–Kier alpha value is -2.85. The van der Waals surface area contributed by atoms with Crippen LogP contribution in [0.1, 0.15) is 116 Å². The van der Waals surface area contributed by atoms with Crippen molar-refractivity contribution in [1.82, 2.24) is 16.0 Å². The summed E-state index contributed by atoms with van der Waals surface area (Å²) in [6, 6.07) is -1.13. The van der Waals surface area contributed by atoms with E-state index in [1.807, 2.05) is 0 Å². The molecule has 0 unspecified atom stereocenters. The number of carboxylic acid groups (broad SMARTS) is 2. The van der Waals surface area contributed by atoms with E-state index < -0.39 is 18.0 Å². The number of nitrogens with one attached hydrogen (secondary N) is 3. The molecule has 0 aliphatic carbocycles. The lowest BCUT2D eigenvalue weighted by Gasteiger charge is -2.14. The number of aliphatic hydroxyl groups is 1. The van der Waals surface area contributed by atoms with E-state index in [0.717, 1.165) is 38.5 Å². The smallest absolute Gasteiger partial charge is 0.326 e. The number of hydrogen-bond acceptors (Lipinski definition) is 10. The van der Waals surface area contributed by atoms with Crippen LogP contribution in [-0.4, -0.2) is 117 Å². The fourth-order valence-electron chi connectivity index (χ4n) is 4.82. The van der Waals surface area contributed by atoms with Gasteiger partial charge in [-0.1, -0.05) is 77.0 Å². The van der Waals surface area contributed by atoms with E-state index in [9.17, 15) is 29.1 Å². The van der Waals surface area contributed by atoms with Crippen LogP contribution >= 0.6 is 0 Å². The maximum absolute atomic E-state index is 12.3. The largest absolute Gasteiger partial charge is 0.481 e. The van der Waals surface area contributed by atoms with Gasteiger partial charge in [0.2, 0.25) is 17.7 Å². The van der Waals surface area contributed by atoms with Crippen LogP contribution in [0.4, 0.5) is 0 Å². The van der Waals surface area contributed by atoms with Crippen molar-refractivity contribution < 1.29 is 58.2 Å². The number of carboxylic acids is 2. The number of aliphatic hydroxyl groups excluding tert-OH is 1. The van der Waals surface area contributed by atoms with Crippen LogP contribution in [0.5, 0.6) is 0 Å². The highest BCUT2D eigenvalue weighted by Crippen LogP contribution is 2.14. The van der Waals surface area contributed by atoms with Crippen molar-refractivity contribution in [3.05, 3.63) is 0 Å². The molecule has 0 rings (SSSR count). The fourth-order valence-corrected chi connectivity index (χ4v) is 4.82. The third-order valence-electron chi connectivity index (χ3n) is 7.54. The molecule has 0 aromatic carbocycles. The zero-order valence-electron chi connectivity index (χ0n) is 29.4. The number of carbonyl (C=O) groups excluding carboxylic acids is 3. The minimum absolute atomic E-state index is 0.0132. The summed E-state index contributed by atoms with van der Waals surface area (Å²) in [5.74, 6) is -2.84. The standard InChI is InChI=1S/C34H63N3O12/c38-28-49-26-24-47-22-20-36-32(41)27-48-25-23-46-21-19-35-30(39)18-17-29(34(44)45)37-31(40)15-13-11-9-7-5-3-1-2-4-6-8-10-12-14-16-33(42)43/h29,38H,1-28H2,(H,35,39)(H,36,41)(H,37,40)(H,42,43)(H,44,45)/t29-/m0/s1. The molecule has 0 aromatic rings. The van der Waals surface area contributed by atoms with Crippen molar-refractivity contribution >= 4 is 29.7 Å². The number of carbonyl (C=O) groups is 5. The maximum atomic E-state index is 12.3. The number of rotatable bonds is 37. The van der Waals surface area contributed by atoms with E-state index in [2.05, 4.69) is 16.0 Å². The van der Waals surface area contributed by atoms with Gasteiger partial charge < -0.3 is 50.2 Å². The Morgan fingerprint density at radius 2 is 0.939 bits per heavy atom. The molecule has 15 heteroatoms. The Morgan fingerprint density at radius 3 is 1.43 bits per heavy atom. The number of aliphatic carboxylic acids is 2. The van der Waals surface area contributed by atoms with Gasteiger partial charge in [0.25, 0.3) is 0 Å². The predicted octanol–water partition coefficient (Wildman–Crippen LogP) is 2.91. The second-order valence-electron chi connectivity index (χ2n) is 11.9. The number of unbranched alkanes of at least 4 members (excludes halogenated alkanes) is 13. The first kappa shape index (κ1) is 46.1. The number of amides is 3. The molecular weight excluding hydrogens is 642 g/mol. The zero-order chi connectivity index (χ0) is 36.2. The molecule has 0 spiro atoms. The molecular formula is C34H63N3O12. The van der Waals surface area contributed by atoms with Gasteiger partial charge in [0.15, 0.2) is 0 Å². The second-order valence-corrected chi connectivity index (χ2v) is 11.9. The van der Waals surface area contributed by atoms with E-state index in [-0.39, 0.29) is 89.8 Å². The lowest BCUT2D eigenvalue weighted by atomic mass is 10.0.